The largest absolute Gasteiger partial charge is 0.459 e. The maximum Gasteiger partial charge on any atom is 0.459 e. The highest BCUT2D eigenvalue weighted by Gasteiger charge is 2.42. The maximum atomic E-state index is 14.4. The molecule has 1 aromatic heterocycles. The molecule has 0 aliphatic carbocycles. The normalized spacial score (nSPS) is 12.1. The zero-order valence-electron chi connectivity index (χ0n) is 17.4. The summed E-state index contributed by atoms with van der Waals surface area (Å²) in [6.07, 6.45) is 0. The first kappa shape index (κ1) is 21.6. The van der Waals surface area contributed by atoms with Crippen molar-refractivity contribution in [1.29, 1.82) is 0 Å². The van der Waals surface area contributed by atoms with Gasteiger partial charge in [0.25, 0.3) is 0 Å². The first-order chi connectivity index (χ1) is 15.5. The molecule has 162 valence electrons. The lowest BCUT2D eigenvalue weighted by Gasteiger charge is -2.28. The van der Waals surface area contributed by atoms with Crippen LogP contribution in [0.15, 0.2) is 103 Å². The van der Waals surface area contributed by atoms with Gasteiger partial charge in [0, 0.05) is 5.69 Å². The molecule has 1 atom stereocenters. The molecule has 0 amide bonds. The van der Waals surface area contributed by atoms with Crippen molar-refractivity contribution in [1.82, 2.24) is 4.98 Å². The van der Waals surface area contributed by atoms with Crippen molar-refractivity contribution < 1.29 is 18.0 Å². The van der Waals surface area contributed by atoms with E-state index in [1.54, 1.807) is 55.5 Å². The van der Waals surface area contributed by atoms with Crippen molar-refractivity contribution in [2.75, 3.05) is 5.32 Å². The lowest BCUT2D eigenvalue weighted by Crippen LogP contribution is -2.19. The molecule has 4 aromatic rings. The number of aryl methyl sites for hydroxylation is 1. The highest BCUT2D eigenvalue weighted by molar-refractivity contribution is 7.55. The number of nitrogens with one attached hydrogen (secondary N) is 1. The minimum absolute atomic E-state index is 0.188. The van der Waals surface area contributed by atoms with Gasteiger partial charge in [-0.05, 0) is 55.5 Å². The van der Waals surface area contributed by atoms with Gasteiger partial charge < -0.3 is 14.4 Å². The molecule has 32 heavy (non-hydrogen) atoms. The van der Waals surface area contributed by atoms with Crippen LogP contribution < -0.4 is 14.4 Å². The van der Waals surface area contributed by atoms with Crippen LogP contribution in [0.1, 0.15) is 17.2 Å². The Bertz CT molecular complexity index is 1160. The molecule has 0 aliphatic rings. The Balaban J connectivity index is 1.82. The van der Waals surface area contributed by atoms with Crippen LogP contribution in [-0.4, -0.2) is 4.98 Å². The Kier molecular flexibility index (Phi) is 6.52. The second kappa shape index (κ2) is 9.67. The number of halogens is 1. The van der Waals surface area contributed by atoms with Gasteiger partial charge >= 0.3 is 7.60 Å². The van der Waals surface area contributed by atoms with E-state index in [0.717, 1.165) is 0 Å². The van der Waals surface area contributed by atoms with E-state index in [4.69, 9.17) is 9.05 Å². The van der Waals surface area contributed by atoms with Crippen LogP contribution in [0, 0.1) is 12.7 Å². The molecule has 0 radical (unpaired) electrons. The summed E-state index contributed by atoms with van der Waals surface area (Å²) < 4.78 is 40.4. The van der Waals surface area contributed by atoms with Gasteiger partial charge in [0.1, 0.15) is 17.3 Å². The third-order valence-electron chi connectivity index (χ3n) is 4.67. The van der Waals surface area contributed by atoms with E-state index in [2.05, 4.69) is 10.3 Å². The molecule has 0 fully saturated rings. The maximum absolute atomic E-state index is 14.4. The van der Waals surface area contributed by atoms with Gasteiger partial charge in [-0.25, -0.2) is 8.96 Å². The number of anilines is 1. The van der Waals surface area contributed by atoms with E-state index in [1.165, 1.54) is 12.1 Å². The van der Waals surface area contributed by atoms with Gasteiger partial charge in [0.2, 0.25) is 0 Å². The molecule has 4 rings (SSSR count). The van der Waals surface area contributed by atoms with Crippen molar-refractivity contribution >= 4 is 13.3 Å². The molecule has 5 nitrogen and oxygen atoms in total. The van der Waals surface area contributed by atoms with Crippen molar-refractivity contribution in [2.24, 2.45) is 0 Å². The predicted octanol–water partition coefficient (Wildman–Crippen LogP) is 6.99. The molecular weight excluding hydrogens is 426 g/mol. The summed E-state index contributed by atoms with van der Waals surface area (Å²) in [4.78, 5) is 4.35. The van der Waals surface area contributed by atoms with Gasteiger partial charge in [0.15, 0.2) is 5.78 Å². The average molecular weight is 448 g/mol. The first-order valence-corrected chi connectivity index (χ1v) is 11.7. The molecule has 0 unspecified atom stereocenters. The predicted molar refractivity (Wildman–Crippen MR) is 123 cm³/mol. The molecule has 7 heteroatoms. The zero-order valence-corrected chi connectivity index (χ0v) is 18.3. The Morgan fingerprint density at radius 2 is 1.28 bits per heavy atom. The summed E-state index contributed by atoms with van der Waals surface area (Å²) in [5, 5.41) is 3.23. The number of pyridine rings is 1. The number of benzene rings is 3. The molecule has 3 aromatic carbocycles. The summed E-state index contributed by atoms with van der Waals surface area (Å²) in [5.74, 6) is -0.699. The minimum Gasteiger partial charge on any atom is -0.414 e. The van der Waals surface area contributed by atoms with Crippen molar-refractivity contribution in [3.63, 3.8) is 0 Å². The summed E-state index contributed by atoms with van der Waals surface area (Å²) in [6, 6.07) is 29.6. The lowest BCUT2D eigenvalue weighted by molar-refractivity contribution is 0.375. The van der Waals surface area contributed by atoms with E-state index < -0.39 is 19.2 Å². The van der Waals surface area contributed by atoms with Crippen molar-refractivity contribution in [2.45, 2.75) is 12.7 Å². The number of aromatic nitrogens is 1. The van der Waals surface area contributed by atoms with Crippen LogP contribution in [0.3, 0.4) is 0 Å². The van der Waals surface area contributed by atoms with Gasteiger partial charge in [-0.15, -0.1) is 0 Å². The van der Waals surface area contributed by atoms with Crippen LogP contribution in [-0.2, 0) is 4.57 Å². The Hall–Kier alpha value is -3.63. The van der Waals surface area contributed by atoms with E-state index in [0.29, 0.717) is 22.9 Å². The van der Waals surface area contributed by atoms with Crippen LogP contribution >= 0.6 is 7.60 Å². The summed E-state index contributed by atoms with van der Waals surface area (Å²) in [7, 11) is -3.99. The van der Waals surface area contributed by atoms with E-state index in [-0.39, 0.29) is 5.69 Å². The molecule has 0 spiro atoms. The Morgan fingerprint density at radius 1 is 0.781 bits per heavy atom. The fourth-order valence-corrected chi connectivity index (χ4v) is 4.96. The van der Waals surface area contributed by atoms with E-state index in [1.807, 2.05) is 42.5 Å². The SMILES string of the molecule is Cc1nc([C@@H](Nc2ccccc2)P(=O)(Oc2ccccc2)Oc2ccccc2)ccc1F. The Morgan fingerprint density at radius 3 is 1.78 bits per heavy atom. The zero-order chi connectivity index (χ0) is 22.4. The molecule has 1 N–H and O–H groups in total. The third-order valence-corrected chi connectivity index (χ3v) is 6.62. The highest BCUT2D eigenvalue weighted by atomic mass is 31.2. The molecule has 1 heterocycles. The van der Waals surface area contributed by atoms with E-state index >= 15 is 0 Å². The van der Waals surface area contributed by atoms with Crippen molar-refractivity contribution in [3.8, 4) is 11.5 Å². The first-order valence-electron chi connectivity index (χ1n) is 10.1. The average Bonchev–Trinajstić information content (AvgIpc) is 2.81. The number of rotatable bonds is 8. The van der Waals surface area contributed by atoms with Gasteiger partial charge in [-0.2, -0.15) is 0 Å². The lowest BCUT2D eigenvalue weighted by atomic mass is 10.2. The third kappa shape index (κ3) is 5.16. The molecule has 0 saturated heterocycles. The number of nitrogens with zero attached hydrogens (tertiary/aromatic N) is 1. The second-order valence-electron chi connectivity index (χ2n) is 7.06. The van der Waals surface area contributed by atoms with Gasteiger partial charge in [0.05, 0.1) is 11.4 Å². The van der Waals surface area contributed by atoms with Crippen LogP contribution in [0.25, 0.3) is 0 Å². The topological polar surface area (TPSA) is 60.5 Å². The minimum atomic E-state index is -3.99. The smallest absolute Gasteiger partial charge is 0.414 e. The van der Waals surface area contributed by atoms with Gasteiger partial charge in [-0.1, -0.05) is 54.6 Å². The standard InChI is InChI=1S/C25H22FN2O3P/c1-19-23(26)17-18-24(27-19)25(28-20-11-5-2-6-12-20)32(29,30-21-13-7-3-8-14-21)31-22-15-9-4-10-16-22/h2-18,25,28H,1H3/t25-/m0/s1. The monoisotopic (exact) mass is 448 g/mol. The quantitative estimate of drug-likeness (QED) is 0.294. The van der Waals surface area contributed by atoms with Crippen molar-refractivity contribution in [3.05, 3.63) is 120 Å². The van der Waals surface area contributed by atoms with Crippen LogP contribution in [0.5, 0.6) is 11.5 Å². The number of para-hydroxylation sites is 3. The van der Waals surface area contributed by atoms with Gasteiger partial charge in [-0.3, -0.25) is 4.98 Å². The number of hydrogen-bond acceptors (Lipinski definition) is 5. The molecular formula is C25H22FN2O3P. The second-order valence-corrected chi connectivity index (χ2v) is 9.03. The molecule has 0 bridgehead atoms. The fourth-order valence-electron chi connectivity index (χ4n) is 3.10. The summed E-state index contributed by atoms with van der Waals surface area (Å²) in [6.45, 7) is 1.56. The van der Waals surface area contributed by atoms with E-state index in [9.17, 15) is 8.96 Å². The van der Waals surface area contributed by atoms with Crippen LogP contribution in [0.2, 0.25) is 0 Å². The Labute approximate surface area is 186 Å². The summed E-state index contributed by atoms with van der Waals surface area (Å²) >= 11 is 0. The molecule has 0 saturated carbocycles. The highest BCUT2D eigenvalue weighted by Crippen LogP contribution is 2.59. The van der Waals surface area contributed by atoms with Crippen LogP contribution in [0.4, 0.5) is 10.1 Å². The fraction of sp³-hybridized carbons (Fsp3) is 0.0800. The number of hydrogen-bond donors (Lipinski definition) is 1. The summed E-state index contributed by atoms with van der Waals surface area (Å²) in [5.41, 5.74) is 1.21. The molecule has 0 aliphatic heterocycles.